The molecule has 122 valence electrons. The molecule has 0 radical (unpaired) electrons. The SMILES string of the molecule is CC(C)C[C@H](CCO)CNC(=O)N1CC[C@@H]2CCCC[C@H]21. The van der Waals surface area contributed by atoms with Crippen molar-refractivity contribution in [2.24, 2.45) is 17.8 Å². The van der Waals surface area contributed by atoms with Crippen molar-refractivity contribution in [2.75, 3.05) is 19.7 Å². The second-order valence-corrected chi connectivity index (χ2v) is 7.29. The van der Waals surface area contributed by atoms with E-state index < -0.39 is 0 Å². The Bertz CT molecular complexity index is 333. The summed E-state index contributed by atoms with van der Waals surface area (Å²) < 4.78 is 0. The number of nitrogens with one attached hydrogen (secondary N) is 1. The van der Waals surface area contributed by atoms with E-state index in [1.54, 1.807) is 0 Å². The van der Waals surface area contributed by atoms with Gasteiger partial charge < -0.3 is 15.3 Å². The molecule has 0 aromatic rings. The van der Waals surface area contributed by atoms with Gasteiger partial charge in [0.25, 0.3) is 0 Å². The van der Waals surface area contributed by atoms with Crippen LogP contribution in [0.15, 0.2) is 0 Å². The molecule has 1 saturated heterocycles. The van der Waals surface area contributed by atoms with Crippen molar-refractivity contribution < 1.29 is 9.90 Å². The second-order valence-electron chi connectivity index (χ2n) is 7.29. The number of likely N-dealkylation sites (tertiary alicyclic amines) is 1. The molecule has 21 heavy (non-hydrogen) atoms. The van der Waals surface area contributed by atoms with Gasteiger partial charge in [-0.1, -0.05) is 26.7 Å². The third-order valence-corrected chi connectivity index (χ3v) is 5.15. The minimum absolute atomic E-state index is 0.121. The number of fused-ring (bicyclic) bond motifs is 1. The van der Waals surface area contributed by atoms with Crippen molar-refractivity contribution in [3.8, 4) is 0 Å². The van der Waals surface area contributed by atoms with Gasteiger partial charge in [0, 0.05) is 25.7 Å². The summed E-state index contributed by atoms with van der Waals surface area (Å²) in [6.07, 6.45) is 8.12. The molecule has 1 aliphatic carbocycles. The molecule has 4 heteroatoms. The number of carbonyl (C=O) groups excluding carboxylic acids is 1. The zero-order valence-electron chi connectivity index (χ0n) is 13.7. The summed E-state index contributed by atoms with van der Waals surface area (Å²) >= 11 is 0. The van der Waals surface area contributed by atoms with Crippen LogP contribution in [0.4, 0.5) is 4.79 Å². The lowest BCUT2D eigenvalue weighted by Crippen LogP contribution is -2.46. The summed E-state index contributed by atoms with van der Waals surface area (Å²) in [7, 11) is 0. The Balaban J connectivity index is 1.80. The van der Waals surface area contributed by atoms with Crippen molar-refractivity contribution in [3.05, 3.63) is 0 Å². The maximum absolute atomic E-state index is 12.4. The van der Waals surface area contributed by atoms with Crippen LogP contribution < -0.4 is 5.32 Å². The van der Waals surface area contributed by atoms with Crippen molar-refractivity contribution in [3.63, 3.8) is 0 Å². The Morgan fingerprint density at radius 1 is 1.29 bits per heavy atom. The van der Waals surface area contributed by atoms with E-state index in [0.717, 1.165) is 25.3 Å². The van der Waals surface area contributed by atoms with Crippen molar-refractivity contribution in [1.29, 1.82) is 0 Å². The lowest BCUT2D eigenvalue weighted by Gasteiger charge is -2.32. The zero-order chi connectivity index (χ0) is 15.2. The van der Waals surface area contributed by atoms with Crippen LogP contribution in [-0.2, 0) is 0 Å². The van der Waals surface area contributed by atoms with Gasteiger partial charge in [0.1, 0.15) is 0 Å². The van der Waals surface area contributed by atoms with Crippen molar-refractivity contribution in [2.45, 2.75) is 64.8 Å². The van der Waals surface area contributed by atoms with Gasteiger partial charge >= 0.3 is 6.03 Å². The molecule has 0 spiro atoms. The second kappa shape index (κ2) is 8.02. The van der Waals surface area contributed by atoms with E-state index >= 15 is 0 Å². The summed E-state index contributed by atoms with van der Waals surface area (Å²) in [5.74, 6) is 1.74. The molecule has 1 saturated carbocycles. The fraction of sp³-hybridized carbons (Fsp3) is 0.941. The van der Waals surface area contributed by atoms with Crippen LogP contribution in [0, 0.1) is 17.8 Å². The largest absolute Gasteiger partial charge is 0.396 e. The summed E-state index contributed by atoms with van der Waals surface area (Å²) in [6.45, 7) is 6.22. The highest BCUT2D eigenvalue weighted by molar-refractivity contribution is 5.75. The topological polar surface area (TPSA) is 52.6 Å². The number of aliphatic hydroxyl groups is 1. The summed E-state index contributed by atoms with van der Waals surface area (Å²) in [6, 6.07) is 0.608. The summed E-state index contributed by atoms with van der Waals surface area (Å²) in [5.41, 5.74) is 0. The van der Waals surface area contributed by atoms with E-state index in [1.165, 1.54) is 32.1 Å². The number of hydrogen-bond donors (Lipinski definition) is 2. The maximum atomic E-state index is 12.4. The third-order valence-electron chi connectivity index (χ3n) is 5.15. The first-order valence-corrected chi connectivity index (χ1v) is 8.77. The number of nitrogens with zero attached hydrogens (tertiary/aromatic N) is 1. The molecular weight excluding hydrogens is 264 g/mol. The first-order valence-electron chi connectivity index (χ1n) is 8.77. The molecule has 2 fully saturated rings. The highest BCUT2D eigenvalue weighted by Gasteiger charge is 2.38. The molecule has 1 heterocycles. The Kier molecular flexibility index (Phi) is 6.34. The van der Waals surface area contributed by atoms with Crippen molar-refractivity contribution in [1.82, 2.24) is 10.2 Å². The molecule has 2 aliphatic rings. The van der Waals surface area contributed by atoms with Crippen LogP contribution in [0.1, 0.15) is 58.8 Å². The summed E-state index contributed by atoms with van der Waals surface area (Å²) in [5, 5.41) is 12.3. The Hall–Kier alpha value is -0.770. The quantitative estimate of drug-likeness (QED) is 0.791. The van der Waals surface area contributed by atoms with E-state index in [4.69, 9.17) is 5.11 Å². The highest BCUT2D eigenvalue weighted by atomic mass is 16.3. The molecule has 0 aromatic carbocycles. The standard InChI is InChI=1S/C17H32N2O2/c1-13(2)11-14(8-10-20)12-18-17(21)19-9-7-15-5-3-4-6-16(15)19/h13-16,20H,3-12H2,1-2H3,(H,18,21)/t14-,15-,16+/m0/s1. The van der Waals surface area contributed by atoms with E-state index in [0.29, 0.717) is 24.4 Å². The number of urea groups is 1. The first kappa shape index (κ1) is 16.6. The van der Waals surface area contributed by atoms with Gasteiger partial charge in [-0.05, 0) is 49.9 Å². The number of hydrogen-bond acceptors (Lipinski definition) is 2. The monoisotopic (exact) mass is 296 g/mol. The Labute approximate surface area is 129 Å². The predicted octanol–water partition coefficient (Wildman–Crippen LogP) is 3.01. The average molecular weight is 296 g/mol. The molecule has 0 aromatic heterocycles. The molecule has 1 aliphatic heterocycles. The highest BCUT2D eigenvalue weighted by Crippen LogP contribution is 2.36. The van der Waals surface area contributed by atoms with E-state index in [2.05, 4.69) is 24.1 Å². The van der Waals surface area contributed by atoms with Gasteiger partial charge in [0.15, 0.2) is 0 Å². The van der Waals surface area contributed by atoms with Crippen molar-refractivity contribution >= 4 is 6.03 Å². The lowest BCUT2D eigenvalue weighted by atomic mass is 9.85. The molecule has 0 unspecified atom stereocenters. The minimum Gasteiger partial charge on any atom is -0.396 e. The lowest BCUT2D eigenvalue weighted by molar-refractivity contribution is 0.166. The van der Waals surface area contributed by atoms with E-state index in [-0.39, 0.29) is 12.6 Å². The van der Waals surface area contributed by atoms with Gasteiger partial charge in [0.05, 0.1) is 0 Å². The smallest absolute Gasteiger partial charge is 0.317 e. The fourth-order valence-electron chi connectivity index (χ4n) is 4.14. The van der Waals surface area contributed by atoms with Crippen LogP contribution in [0.25, 0.3) is 0 Å². The molecular formula is C17H32N2O2. The van der Waals surface area contributed by atoms with Crippen LogP contribution in [0.5, 0.6) is 0 Å². The minimum atomic E-state index is 0.121. The Morgan fingerprint density at radius 2 is 2.05 bits per heavy atom. The average Bonchev–Trinajstić information content (AvgIpc) is 2.88. The number of amides is 2. The van der Waals surface area contributed by atoms with Crippen LogP contribution in [0.3, 0.4) is 0 Å². The Morgan fingerprint density at radius 3 is 2.76 bits per heavy atom. The number of rotatable bonds is 6. The van der Waals surface area contributed by atoms with Gasteiger partial charge in [-0.2, -0.15) is 0 Å². The molecule has 4 nitrogen and oxygen atoms in total. The van der Waals surface area contributed by atoms with E-state index in [1.807, 2.05) is 0 Å². The van der Waals surface area contributed by atoms with Crippen LogP contribution in [0.2, 0.25) is 0 Å². The maximum Gasteiger partial charge on any atom is 0.317 e. The van der Waals surface area contributed by atoms with Gasteiger partial charge in [-0.25, -0.2) is 4.79 Å². The molecule has 2 N–H and O–H groups in total. The predicted molar refractivity (Wildman–Crippen MR) is 85.1 cm³/mol. The van der Waals surface area contributed by atoms with Gasteiger partial charge in [-0.3, -0.25) is 0 Å². The normalized spacial score (nSPS) is 26.8. The molecule has 2 amide bonds. The first-order chi connectivity index (χ1) is 10.1. The van der Waals surface area contributed by atoms with Gasteiger partial charge in [-0.15, -0.1) is 0 Å². The fourth-order valence-corrected chi connectivity index (χ4v) is 4.14. The zero-order valence-corrected chi connectivity index (χ0v) is 13.7. The summed E-state index contributed by atoms with van der Waals surface area (Å²) in [4.78, 5) is 14.5. The number of carbonyl (C=O) groups is 1. The van der Waals surface area contributed by atoms with Gasteiger partial charge in [0.2, 0.25) is 0 Å². The molecule has 2 rings (SSSR count). The molecule has 0 bridgehead atoms. The third kappa shape index (κ3) is 4.60. The van der Waals surface area contributed by atoms with E-state index in [9.17, 15) is 4.79 Å². The van der Waals surface area contributed by atoms with Crippen LogP contribution in [-0.4, -0.2) is 41.8 Å². The molecule has 3 atom stereocenters. The number of aliphatic hydroxyl groups excluding tert-OH is 1. The van der Waals surface area contributed by atoms with Crippen LogP contribution >= 0.6 is 0 Å².